The van der Waals surface area contributed by atoms with Gasteiger partial charge in [-0.3, -0.25) is 19.2 Å². The minimum absolute atomic E-state index is 0.00974. The second-order valence-electron chi connectivity index (χ2n) is 28.8. The fraction of sp³-hybridized carbons (Fsp3) is 0.706. The van der Waals surface area contributed by atoms with Crippen LogP contribution in [-0.4, -0.2) is 95.5 Å². The zero-order valence-corrected chi connectivity index (χ0v) is 52.4. The molecule has 82 heavy (non-hydrogen) atoms. The zero-order chi connectivity index (χ0) is 60.0. The molecule has 14 nitrogen and oxygen atoms in total. The van der Waals surface area contributed by atoms with E-state index in [1.54, 1.807) is 41.5 Å². The van der Waals surface area contributed by atoms with Crippen LogP contribution in [0.5, 0.6) is 0 Å². The summed E-state index contributed by atoms with van der Waals surface area (Å²) in [4.78, 5) is 84.6. The van der Waals surface area contributed by atoms with Gasteiger partial charge in [0.25, 0.3) is 0 Å². The van der Waals surface area contributed by atoms with Crippen LogP contribution in [0.4, 0.5) is 9.59 Å². The van der Waals surface area contributed by atoms with Crippen molar-refractivity contribution >= 4 is 35.9 Å². The van der Waals surface area contributed by atoms with Crippen LogP contribution in [0, 0.1) is 46.3 Å². The number of hydrogen-bond acceptors (Lipinski definition) is 10. The van der Waals surface area contributed by atoms with Gasteiger partial charge >= 0.3 is 24.1 Å². The largest absolute Gasteiger partial charge is 0.460 e. The predicted molar refractivity (Wildman–Crippen MR) is 321 cm³/mol. The Hall–Kier alpha value is -5.40. The van der Waals surface area contributed by atoms with Crippen molar-refractivity contribution in [1.82, 2.24) is 20.9 Å². The molecule has 0 bridgehead atoms. The summed E-state index contributed by atoms with van der Waals surface area (Å²) in [6.45, 7) is 29.0. The Morgan fingerprint density at radius 2 is 1.24 bits per heavy atom. The number of rotatable bonds is 22. The number of alkyl carbamates (subject to hydrolysis) is 1. The number of carbonyl (C=O) groups excluding carboxylic acids is 6. The monoisotopic (exact) mass is 1130 g/mol. The highest BCUT2D eigenvalue weighted by Crippen LogP contribution is 2.67. The van der Waals surface area contributed by atoms with Gasteiger partial charge in [0.1, 0.15) is 35.5 Å². The van der Waals surface area contributed by atoms with Crippen molar-refractivity contribution < 1.29 is 47.7 Å². The van der Waals surface area contributed by atoms with Gasteiger partial charge in [0.15, 0.2) is 0 Å². The molecule has 4 unspecified atom stereocenters. The molecule has 0 spiro atoms. The Labute approximate surface area is 491 Å². The van der Waals surface area contributed by atoms with Gasteiger partial charge in [-0.25, -0.2) is 9.59 Å². The fourth-order valence-electron chi connectivity index (χ4n) is 15.2. The normalized spacial score (nSPS) is 25.1. The molecule has 7 rings (SSSR count). The van der Waals surface area contributed by atoms with E-state index in [0.29, 0.717) is 30.2 Å². The standard InChI is InChI=1S/C68H102N4O10/c1-43(2)21-19-22-44(3)53-29-30-54-51-28-27-45-41-46(35-37-67(45,13)55(51)36-38-68(53,54)14)72(63(78)82-66(10,11)12)40-20-39-69-60(75)56(31-33-58(73)80-64(4,5)6)70-61(76)57(32-34-59(74)81-65(7,8)9)71-62(77)79-42-52-49-25-17-15-23-47(49)48-24-16-18-26-50(48)52/h15-18,23-27,43-44,46,51-57H,19-22,28-42H2,1-14H3,(H,69,75)(H,70,76)(H,71,77)/t44-,46+,51+,53?,54+,55?,56+,57-,67?,68?/m1/s1. The second kappa shape index (κ2) is 26.7. The van der Waals surface area contributed by atoms with E-state index in [9.17, 15) is 28.8 Å². The number of carbonyl (C=O) groups is 6. The van der Waals surface area contributed by atoms with E-state index in [0.717, 1.165) is 71.6 Å². The first-order valence-corrected chi connectivity index (χ1v) is 31.3. The Kier molecular flexibility index (Phi) is 20.9. The molecule has 3 fully saturated rings. The smallest absolute Gasteiger partial charge is 0.410 e. The number of allylic oxidation sites excluding steroid dienone is 1. The van der Waals surface area contributed by atoms with E-state index in [4.69, 9.17) is 18.9 Å². The van der Waals surface area contributed by atoms with Gasteiger partial charge in [-0.05, 0) is 202 Å². The van der Waals surface area contributed by atoms with Gasteiger partial charge in [-0.15, -0.1) is 0 Å². The Balaban J connectivity index is 1.01. The van der Waals surface area contributed by atoms with Crippen LogP contribution in [0.25, 0.3) is 11.1 Å². The molecule has 14 heteroatoms. The maximum Gasteiger partial charge on any atom is 0.410 e. The van der Waals surface area contributed by atoms with Crippen molar-refractivity contribution in [1.29, 1.82) is 0 Å². The van der Waals surface area contributed by atoms with E-state index in [2.05, 4.69) is 56.6 Å². The average molecular weight is 1140 g/mol. The Bertz CT molecular complexity index is 2560. The average Bonchev–Trinajstić information content (AvgIpc) is 2.94. The molecule has 5 aliphatic carbocycles. The molecule has 10 atom stereocenters. The summed E-state index contributed by atoms with van der Waals surface area (Å²) >= 11 is 0. The molecule has 2 aromatic rings. The molecular formula is C68H102N4O10. The molecule has 5 aliphatic rings. The lowest BCUT2D eigenvalue weighted by atomic mass is 9.46. The molecule has 3 N–H and O–H groups in total. The number of nitrogens with zero attached hydrogens (tertiary/aromatic N) is 1. The summed E-state index contributed by atoms with van der Waals surface area (Å²) < 4.78 is 23.0. The third-order valence-corrected chi connectivity index (χ3v) is 18.9. The van der Waals surface area contributed by atoms with Gasteiger partial charge < -0.3 is 39.8 Å². The van der Waals surface area contributed by atoms with E-state index in [-0.39, 0.29) is 62.3 Å². The van der Waals surface area contributed by atoms with Crippen LogP contribution >= 0.6 is 0 Å². The molecule has 0 aliphatic heterocycles. The number of fused-ring (bicyclic) bond motifs is 8. The lowest BCUT2D eigenvalue weighted by Gasteiger charge is -2.59. The summed E-state index contributed by atoms with van der Waals surface area (Å²) in [5.74, 6) is 1.75. The third kappa shape index (κ3) is 16.3. The molecule has 0 saturated heterocycles. The van der Waals surface area contributed by atoms with E-state index in [1.165, 1.54) is 50.5 Å². The van der Waals surface area contributed by atoms with Crippen molar-refractivity contribution in [2.24, 2.45) is 46.3 Å². The van der Waals surface area contributed by atoms with Gasteiger partial charge in [-0.2, -0.15) is 0 Å². The van der Waals surface area contributed by atoms with E-state index in [1.807, 2.05) is 74.2 Å². The van der Waals surface area contributed by atoms with Crippen molar-refractivity contribution in [2.75, 3.05) is 19.7 Å². The predicted octanol–water partition coefficient (Wildman–Crippen LogP) is 13.8. The molecule has 4 amide bonds. The van der Waals surface area contributed by atoms with Crippen LogP contribution in [-0.2, 0) is 38.1 Å². The first-order valence-electron chi connectivity index (χ1n) is 31.3. The highest BCUT2D eigenvalue weighted by Gasteiger charge is 2.59. The summed E-state index contributed by atoms with van der Waals surface area (Å²) in [6.07, 6.45) is 14.0. The summed E-state index contributed by atoms with van der Waals surface area (Å²) in [6, 6.07) is 13.3. The van der Waals surface area contributed by atoms with E-state index >= 15 is 0 Å². The van der Waals surface area contributed by atoms with Crippen LogP contribution < -0.4 is 16.0 Å². The number of ether oxygens (including phenoxy) is 4. The van der Waals surface area contributed by atoms with Crippen molar-refractivity contribution in [2.45, 2.75) is 241 Å². The highest BCUT2D eigenvalue weighted by atomic mass is 16.6. The quantitative estimate of drug-likeness (QED) is 0.0445. The topological polar surface area (TPSA) is 179 Å². The zero-order valence-electron chi connectivity index (χ0n) is 52.4. The number of nitrogens with one attached hydrogen (secondary N) is 3. The molecule has 3 saturated carbocycles. The molecule has 0 radical (unpaired) electrons. The fourth-order valence-corrected chi connectivity index (χ4v) is 15.2. The van der Waals surface area contributed by atoms with Gasteiger partial charge in [0.2, 0.25) is 11.8 Å². The first-order chi connectivity index (χ1) is 38.5. The third-order valence-electron chi connectivity index (χ3n) is 18.9. The van der Waals surface area contributed by atoms with E-state index < -0.39 is 58.7 Å². The summed E-state index contributed by atoms with van der Waals surface area (Å²) in [5, 5.41) is 8.43. The first kappa shape index (κ1) is 64.2. The Morgan fingerprint density at radius 3 is 1.83 bits per heavy atom. The number of benzene rings is 2. The van der Waals surface area contributed by atoms with Crippen LogP contribution in [0.2, 0.25) is 0 Å². The van der Waals surface area contributed by atoms with Crippen molar-refractivity contribution in [3.8, 4) is 11.1 Å². The molecule has 454 valence electrons. The molecule has 0 heterocycles. The molecule has 2 aromatic carbocycles. The maximum absolute atomic E-state index is 14.4. The minimum atomic E-state index is -1.32. The van der Waals surface area contributed by atoms with Gasteiger partial charge in [0.05, 0.1) is 0 Å². The summed E-state index contributed by atoms with van der Waals surface area (Å²) in [7, 11) is 0. The van der Waals surface area contributed by atoms with Gasteiger partial charge in [0, 0.05) is 37.9 Å². The highest BCUT2D eigenvalue weighted by molar-refractivity contribution is 5.92. The summed E-state index contributed by atoms with van der Waals surface area (Å²) in [5.41, 5.74) is 3.84. The Morgan fingerprint density at radius 1 is 0.659 bits per heavy atom. The SMILES string of the molecule is CC(C)CCC[C@@H](C)C1CC[C@H]2[C@@H]3CC=C4C[C@@H](N(CCCNC(=O)[C@H](CCC(=O)OC(C)(C)C)NC(=O)[C@@H](CCC(=O)OC(C)(C)C)NC(=O)OCC5c6ccccc6-c6ccccc65)C(=O)OC(C)(C)C)CCC4(C)C3CCC12C. The lowest BCUT2D eigenvalue weighted by Crippen LogP contribution is -2.54. The second-order valence-corrected chi connectivity index (χ2v) is 28.8. The van der Waals surface area contributed by atoms with Crippen LogP contribution in [0.3, 0.4) is 0 Å². The number of esters is 2. The number of hydrogen-bond donors (Lipinski definition) is 3. The lowest BCUT2D eigenvalue weighted by molar-refractivity contribution is -0.156. The van der Waals surface area contributed by atoms with Crippen molar-refractivity contribution in [3.05, 3.63) is 71.3 Å². The number of amides is 4. The van der Waals surface area contributed by atoms with Crippen LogP contribution in [0.1, 0.15) is 217 Å². The molecular weight excluding hydrogens is 1030 g/mol. The maximum atomic E-state index is 14.4. The van der Waals surface area contributed by atoms with Crippen molar-refractivity contribution in [3.63, 3.8) is 0 Å². The van der Waals surface area contributed by atoms with Gasteiger partial charge in [-0.1, -0.05) is 114 Å². The minimum Gasteiger partial charge on any atom is -0.460 e. The van der Waals surface area contributed by atoms with Crippen LogP contribution in [0.15, 0.2) is 60.2 Å². The molecule has 0 aromatic heterocycles.